The third kappa shape index (κ3) is 3.86. The average molecular weight is 459 g/mol. The molecule has 9 nitrogen and oxygen atoms in total. The largest absolute Gasteiger partial charge is 0.507 e. The van der Waals surface area contributed by atoms with Gasteiger partial charge < -0.3 is 15.3 Å². The fourth-order valence-electron chi connectivity index (χ4n) is 2.97. The van der Waals surface area contributed by atoms with Crippen molar-refractivity contribution in [1.29, 1.82) is 0 Å². The SMILES string of the molecule is O=S(=O)(Nc1ccccc1)c1cc(-c2nnc(O)n2-c2ccccc2Cl)c(O)cc1O. The van der Waals surface area contributed by atoms with Crippen molar-refractivity contribution in [3.63, 3.8) is 0 Å². The number of halogens is 1. The minimum atomic E-state index is -4.23. The number of phenols is 2. The van der Waals surface area contributed by atoms with E-state index in [0.717, 1.165) is 16.7 Å². The molecule has 31 heavy (non-hydrogen) atoms. The lowest BCUT2D eigenvalue weighted by atomic mass is 10.1. The van der Waals surface area contributed by atoms with E-state index < -0.39 is 32.4 Å². The second-order valence-corrected chi connectivity index (χ2v) is 8.48. The number of para-hydroxylation sites is 2. The first-order chi connectivity index (χ1) is 14.8. The van der Waals surface area contributed by atoms with Crippen molar-refractivity contribution >= 4 is 27.3 Å². The highest BCUT2D eigenvalue weighted by Gasteiger charge is 2.26. The maximum atomic E-state index is 12.9. The van der Waals surface area contributed by atoms with Crippen LogP contribution in [0.25, 0.3) is 17.1 Å². The Bertz CT molecular complexity index is 1370. The van der Waals surface area contributed by atoms with Gasteiger partial charge in [0.1, 0.15) is 16.4 Å². The molecule has 0 aliphatic carbocycles. The molecule has 0 aliphatic rings. The number of aromatic hydroxyl groups is 3. The Labute approximate surface area is 181 Å². The van der Waals surface area contributed by atoms with E-state index >= 15 is 0 Å². The van der Waals surface area contributed by atoms with Gasteiger partial charge in [0.2, 0.25) is 0 Å². The Kier molecular flexibility index (Phi) is 5.17. The van der Waals surface area contributed by atoms with Gasteiger partial charge in [-0.05, 0) is 30.3 Å². The van der Waals surface area contributed by atoms with E-state index in [9.17, 15) is 23.7 Å². The second-order valence-electron chi connectivity index (χ2n) is 6.42. The molecule has 0 saturated heterocycles. The van der Waals surface area contributed by atoms with Crippen LogP contribution < -0.4 is 4.72 Å². The van der Waals surface area contributed by atoms with Gasteiger partial charge in [0.05, 0.1) is 16.3 Å². The molecule has 3 aromatic carbocycles. The van der Waals surface area contributed by atoms with Gasteiger partial charge in [0, 0.05) is 11.8 Å². The summed E-state index contributed by atoms with van der Waals surface area (Å²) in [4.78, 5) is -0.502. The van der Waals surface area contributed by atoms with Crippen LogP contribution in [0.2, 0.25) is 5.02 Å². The first kappa shape index (κ1) is 20.5. The number of rotatable bonds is 5. The number of aromatic nitrogens is 3. The van der Waals surface area contributed by atoms with Crippen molar-refractivity contribution in [2.24, 2.45) is 0 Å². The molecular weight excluding hydrogens is 444 g/mol. The molecule has 0 unspecified atom stereocenters. The van der Waals surface area contributed by atoms with Crippen molar-refractivity contribution in [3.05, 3.63) is 71.8 Å². The summed E-state index contributed by atoms with van der Waals surface area (Å²) in [5.41, 5.74) is 0.494. The van der Waals surface area contributed by atoms with Gasteiger partial charge in [-0.25, -0.2) is 13.0 Å². The summed E-state index contributed by atoms with van der Waals surface area (Å²) in [6, 6.07) is 16.0. The smallest absolute Gasteiger partial charge is 0.319 e. The molecular formula is C20H15ClN4O5S. The van der Waals surface area contributed by atoms with E-state index in [0.29, 0.717) is 5.69 Å². The molecule has 11 heteroatoms. The van der Waals surface area contributed by atoms with Crippen LogP contribution in [0.3, 0.4) is 0 Å². The van der Waals surface area contributed by atoms with Gasteiger partial charge in [0.25, 0.3) is 10.0 Å². The van der Waals surface area contributed by atoms with E-state index in [1.54, 1.807) is 54.6 Å². The molecule has 4 aromatic rings. The number of hydrogen-bond donors (Lipinski definition) is 4. The maximum absolute atomic E-state index is 12.9. The number of nitrogens with zero attached hydrogens (tertiary/aromatic N) is 3. The Morgan fingerprint density at radius 2 is 1.55 bits per heavy atom. The van der Waals surface area contributed by atoms with E-state index in [4.69, 9.17) is 11.6 Å². The topological polar surface area (TPSA) is 138 Å². The lowest BCUT2D eigenvalue weighted by Crippen LogP contribution is -2.13. The molecule has 1 aromatic heterocycles. The number of anilines is 1. The number of nitrogens with one attached hydrogen (secondary N) is 1. The summed E-state index contributed by atoms with van der Waals surface area (Å²) in [7, 11) is -4.23. The Hall–Kier alpha value is -3.76. The Balaban J connectivity index is 1.87. The number of benzene rings is 3. The zero-order chi connectivity index (χ0) is 22.2. The van der Waals surface area contributed by atoms with Crippen molar-refractivity contribution in [2.75, 3.05) is 4.72 Å². The van der Waals surface area contributed by atoms with Gasteiger partial charge >= 0.3 is 6.01 Å². The quantitative estimate of drug-likeness (QED) is 0.359. The first-order valence-corrected chi connectivity index (χ1v) is 10.7. The summed E-state index contributed by atoms with van der Waals surface area (Å²) >= 11 is 6.21. The van der Waals surface area contributed by atoms with Gasteiger partial charge in [0.15, 0.2) is 5.82 Å². The predicted octanol–water partition coefficient (Wildman–Crippen LogP) is 3.51. The van der Waals surface area contributed by atoms with Crippen molar-refractivity contribution in [2.45, 2.75) is 4.90 Å². The lowest BCUT2D eigenvalue weighted by Gasteiger charge is -2.14. The summed E-state index contributed by atoms with van der Waals surface area (Å²) in [5, 5.41) is 38.5. The normalized spacial score (nSPS) is 11.4. The molecule has 4 N–H and O–H groups in total. The van der Waals surface area contributed by atoms with Crippen LogP contribution >= 0.6 is 11.6 Å². The maximum Gasteiger partial charge on any atom is 0.319 e. The van der Waals surface area contributed by atoms with E-state index in [1.807, 2.05) is 0 Å². The van der Waals surface area contributed by atoms with E-state index in [2.05, 4.69) is 14.9 Å². The zero-order valence-electron chi connectivity index (χ0n) is 15.6. The molecule has 0 atom stereocenters. The molecule has 0 amide bonds. The monoisotopic (exact) mass is 458 g/mol. The zero-order valence-corrected chi connectivity index (χ0v) is 17.2. The molecule has 158 valence electrons. The fraction of sp³-hybridized carbons (Fsp3) is 0. The highest BCUT2D eigenvalue weighted by atomic mass is 35.5. The third-order valence-corrected chi connectivity index (χ3v) is 6.10. The van der Waals surface area contributed by atoms with Crippen LogP contribution in [0, 0.1) is 0 Å². The van der Waals surface area contributed by atoms with Gasteiger partial charge in [-0.2, -0.15) is 0 Å². The minimum absolute atomic E-state index is 0.0840. The molecule has 0 spiro atoms. The van der Waals surface area contributed by atoms with Crippen LogP contribution in [0.5, 0.6) is 17.5 Å². The molecule has 1 heterocycles. The fourth-order valence-corrected chi connectivity index (χ4v) is 4.36. The molecule has 0 aliphatic heterocycles. The minimum Gasteiger partial charge on any atom is -0.507 e. The first-order valence-electron chi connectivity index (χ1n) is 8.81. The average Bonchev–Trinajstić information content (AvgIpc) is 3.09. The Morgan fingerprint density at radius 1 is 0.871 bits per heavy atom. The predicted molar refractivity (Wildman–Crippen MR) is 114 cm³/mol. The van der Waals surface area contributed by atoms with Crippen LogP contribution in [0.15, 0.2) is 71.6 Å². The second kappa shape index (κ2) is 7.82. The highest BCUT2D eigenvalue weighted by molar-refractivity contribution is 7.92. The molecule has 0 saturated carbocycles. The van der Waals surface area contributed by atoms with Crippen LogP contribution in [-0.2, 0) is 10.0 Å². The van der Waals surface area contributed by atoms with Crippen LogP contribution in [0.4, 0.5) is 5.69 Å². The molecule has 4 rings (SSSR count). The summed E-state index contributed by atoms with van der Waals surface area (Å²) < 4.78 is 29.2. The van der Waals surface area contributed by atoms with E-state index in [1.165, 1.54) is 0 Å². The van der Waals surface area contributed by atoms with Gasteiger partial charge in [-0.3, -0.25) is 4.72 Å². The highest BCUT2D eigenvalue weighted by Crippen LogP contribution is 2.39. The number of phenolic OH excluding ortho intramolecular Hbond substituents is 2. The Morgan fingerprint density at radius 3 is 2.26 bits per heavy atom. The van der Waals surface area contributed by atoms with Crippen molar-refractivity contribution in [1.82, 2.24) is 14.8 Å². The third-order valence-electron chi connectivity index (χ3n) is 4.37. The molecule has 0 bridgehead atoms. The number of hydrogen-bond acceptors (Lipinski definition) is 7. The van der Waals surface area contributed by atoms with Crippen LogP contribution in [-0.4, -0.2) is 38.5 Å². The summed E-state index contributed by atoms with van der Waals surface area (Å²) in [5.74, 6) is -1.23. The standard InChI is InChI=1S/C20H15ClN4O5S/c21-14-8-4-5-9-15(14)25-19(22-23-20(25)28)13-10-18(17(27)11-16(13)26)31(29,30)24-12-6-2-1-3-7-12/h1-11,24,26-27H,(H,23,28). The van der Waals surface area contributed by atoms with E-state index in [-0.39, 0.29) is 22.1 Å². The number of sulfonamides is 1. The summed E-state index contributed by atoms with van der Waals surface area (Å²) in [6.45, 7) is 0. The molecule has 0 fully saturated rings. The molecule has 0 radical (unpaired) electrons. The van der Waals surface area contributed by atoms with Crippen LogP contribution in [0.1, 0.15) is 0 Å². The summed E-state index contributed by atoms with van der Waals surface area (Å²) in [6.07, 6.45) is 0. The van der Waals surface area contributed by atoms with Gasteiger partial charge in [-0.1, -0.05) is 47.0 Å². The van der Waals surface area contributed by atoms with Gasteiger partial charge in [-0.15, -0.1) is 5.10 Å². The lowest BCUT2D eigenvalue weighted by molar-refractivity contribution is 0.420. The van der Waals surface area contributed by atoms with Crippen molar-refractivity contribution < 1.29 is 23.7 Å². The van der Waals surface area contributed by atoms with Crippen molar-refractivity contribution in [3.8, 4) is 34.6 Å².